The van der Waals surface area contributed by atoms with Gasteiger partial charge >= 0.3 is 23.9 Å². The van der Waals surface area contributed by atoms with Crippen molar-refractivity contribution in [3.63, 3.8) is 0 Å². The zero-order valence-corrected chi connectivity index (χ0v) is 35.2. The second-order valence-electron chi connectivity index (χ2n) is 17.9. The van der Waals surface area contributed by atoms with Crippen LogP contribution in [0.4, 0.5) is 0 Å². The molecule has 0 radical (unpaired) electrons. The number of hydrogen-bond acceptors (Lipinski definition) is 11. The molecule has 53 heavy (non-hydrogen) atoms. The first kappa shape index (κ1) is 47.2. The highest BCUT2D eigenvalue weighted by molar-refractivity contribution is 5.92. The van der Waals surface area contributed by atoms with Crippen LogP contribution in [0.5, 0.6) is 23.0 Å². The average molecular weight is 761 g/mol. The van der Waals surface area contributed by atoms with Gasteiger partial charge < -0.3 is 29.6 Å². The molecule has 0 bridgehead atoms. The Bertz CT molecular complexity index is 1520. The summed E-state index contributed by atoms with van der Waals surface area (Å²) in [7, 11) is 0. The van der Waals surface area contributed by atoms with Crippen LogP contribution in [0.25, 0.3) is 0 Å². The lowest BCUT2D eigenvalue weighted by Crippen LogP contribution is -2.42. The largest absolute Gasteiger partial charge is 0.422 e. The van der Waals surface area contributed by atoms with Gasteiger partial charge in [-0.25, -0.2) is 0 Å². The molecular weight excluding hydrogens is 700 g/mol. The topological polar surface area (TPSA) is 146 Å². The second-order valence-corrected chi connectivity index (χ2v) is 17.9. The maximum absolute atomic E-state index is 14.8. The Balaban J connectivity index is 0.0000140. The van der Waals surface area contributed by atoms with E-state index in [1.807, 2.05) is 27.7 Å². The average Bonchev–Trinajstić information content (AvgIpc) is 2.97. The summed E-state index contributed by atoms with van der Waals surface area (Å²) in [4.78, 5) is 66.7. The molecule has 2 atom stereocenters. The van der Waals surface area contributed by atoms with Gasteiger partial charge in [-0.05, 0) is 146 Å². The summed E-state index contributed by atoms with van der Waals surface area (Å²) in [5, 5.41) is 6.69. The van der Waals surface area contributed by atoms with Crippen LogP contribution in [0.1, 0.15) is 134 Å². The van der Waals surface area contributed by atoms with Crippen molar-refractivity contribution in [1.29, 1.82) is 0 Å². The van der Waals surface area contributed by atoms with Gasteiger partial charge in [0.05, 0.1) is 33.7 Å². The van der Waals surface area contributed by atoms with Crippen molar-refractivity contribution >= 4 is 42.1 Å². The molecule has 0 heterocycles. The van der Waals surface area contributed by atoms with Crippen molar-refractivity contribution in [3.05, 3.63) is 47.5 Å². The Labute approximate surface area is 322 Å². The molecule has 296 valence electrons. The van der Waals surface area contributed by atoms with Crippen LogP contribution < -0.4 is 29.6 Å². The SMILES string of the molecule is CC(C)NC(C(=O)C(NC(C)C)c1ccc(OC(=O)C(C)(C)C)c(OC(=O)C(C)(C)C)c1)c1ccc(OC(=O)C(C)(C)C)c(OC(=O)C(C)(C)C)c1.Cl. The van der Waals surface area contributed by atoms with Crippen molar-refractivity contribution in [3.8, 4) is 23.0 Å². The van der Waals surface area contributed by atoms with Crippen molar-refractivity contribution in [2.45, 2.75) is 135 Å². The first-order valence-electron chi connectivity index (χ1n) is 17.7. The quantitative estimate of drug-likeness (QED) is 0.159. The minimum Gasteiger partial charge on any atom is -0.422 e. The number of Topliss-reactive ketones (excluding diaryl/α,β-unsaturated/α-hetero) is 1. The molecule has 11 nitrogen and oxygen atoms in total. The summed E-state index contributed by atoms with van der Waals surface area (Å²) in [6.45, 7) is 28.1. The lowest BCUT2D eigenvalue weighted by molar-refractivity contribution is -0.145. The molecule has 2 N–H and O–H groups in total. The van der Waals surface area contributed by atoms with Gasteiger partial charge in [-0.1, -0.05) is 12.1 Å². The molecular formula is C41H61ClN2O9. The summed E-state index contributed by atoms with van der Waals surface area (Å²) in [6, 6.07) is 7.15. The molecule has 0 aliphatic carbocycles. The number of rotatable bonds is 12. The van der Waals surface area contributed by atoms with Gasteiger partial charge in [-0.3, -0.25) is 24.0 Å². The molecule has 0 aromatic heterocycles. The molecule has 0 aliphatic heterocycles. The third-order valence-electron chi connectivity index (χ3n) is 7.43. The van der Waals surface area contributed by atoms with E-state index >= 15 is 0 Å². The lowest BCUT2D eigenvalue weighted by atomic mass is 9.91. The third-order valence-corrected chi connectivity index (χ3v) is 7.43. The normalized spacial score (nSPS) is 13.5. The van der Waals surface area contributed by atoms with Gasteiger partial charge in [-0.2, -0.15) is 0 Å². The van der Waals surface area contributed by atoms with Gasteiger partial charge in [0, 0.05) is 12.1 Å². The van der Waals surface area contributed by atoms with E-state index in [1.165, 1.54) is 24.3 Å². The summed E-state index contributed by atoms with van der Waals surface area (Å²) >= 11 is 0. The first-order valence-corrected chi connectivity index (χ1v) is 17.7. The fraction of sp³-hybridized carbons (Fsp3) is 0.585. The van der Waals surface area contributed by atoms with Gasteiger partial charge in [-0.15, -0.1) is 12.4 Å². The van der Waals surface area contributed by atoms with Crippen molar-refractivity contribution < 1.29 is 42.9 Å². The molecule has 2 rings (SSSR count). The number of hydrogen-bond donors (Lipinski definition) is 2. The number of benzene rings is 2. The number of nitrogens with one attached hydrogen (secondary N) is 2. The number of esters is 4. The fourth-order valence-corrected chi connectivity index (χ4v) is 4.27. The van der Waals surface area contributed by atoms with Crippen LogP contribution in [-0.4, -0.2) is 41.7 Å². The Morgan fingerprint density at radius 2 is 0.698 bits per heavy atom. The number of ether oxygens (including phenoxy) is 4. The Kier molecular flexibility index (Phi) is 16.1. The van der Waals surface area contributed by atoms with Gasteiger partial charge in [0.15, 0.2) is 28.8 Å². The van der Waals surface area contributed by atoms with Crippen LogP contribution >= 0.6 is 12.4 Å². The van der Waals surface area contributed by atoms with E-state index in [1.54, 1.807) is 95.2 Å². The molecule has 0 saturated heterocycles. The highest BCUT2D eigenvalue weighted by Gasteiger charge is 2.35. The number of ketones is 1. The summed E-state index contributed by atoms with van der Waals surface area (Å²) < 4.78 is 23.0. The van der Waals surface area contributed by atoms with Gasteiger partial charge in [0.25, 0.3) is 0 Å². The molecule has 0 spiro atoms. The van der Waals surface area contributed by atoms with Gasteiger partial charge in [0.2, 0.25) is 0 Å². The minimum absolute atomic E-state index is 0. The van der Waals surface area contributed by atoms with E-state index in [-0.39, 0.29) is 53.3 Å². The molecule has 2 aromatic rings. The molecule has 12 heteroatoms. The molecule has 2 aromatic carbocycles. The van der Waals surface area contributed by atoms with Crippen LogP contribution in [-0.2, 0) is 24.0 Å². The van der Waals surface area contributed by atoms with Gasteiger partial charge in [0.1, 0.15) is 0 Å². The van der Waals surface area contributed by atoms with Crippen LogP contribution in [0.3, 0.4) is 0 Å². The fourth-order valence-electron chi connectivity index (χ4n) is 4.27. The zero-order valence-electron chi connectivity index (χ0n) is 34.4. The van der Waals surface area contributed by atoms with E-state index in [2.05, 4.69) is 10.6 Å². The summed E-state index contributed by atoms with van der Waals surface area (Å²) in [5.41, 5.74) is -2.51. The Morgan fingerprint density at radius 3 is 0.925 bits per heavy atom. The van der Waals surface area contributed by atoms with Crippen LogP contribution in [0.2, 0.25) is 0 Å². The molecule has 0 aliphatic rings. The smallest absolute Gasteiger partial charge is 0.316 e. The Morgan fingerprint density at radius 1 is 0.453 bits per heavy atom. The number of carbonyl (C=O) groups is 5. The molecule has 0 fully saturated rings. The van der Waals surface area contributed by atoms with Crippen molar-refractivity contribution in [2.24, 2.45) is 21.7 Å². The van der Waals surface area contributed by atoms with E-state index < -0.39 is 57.6 Å². The highest BCUT2D eigenvalue weighted by atomic mass is 35.5. The standard InChI is InChI=1S/C41H60N2O9.ClH/c1-23(2)42-31(25-17-19-27(49-34(45)38(5,6)7)29(21-25)51-36(47)40(11,12)13)33(44)32(43-24(3)4)26-18-20-28(50-35(46)39(8,9)10)30(22-26)52-37(48)41(14,15)16;/h17-24,31-32,42-43H,1-16H3;1H. The van der Waals surface area contributed by atoms with Crippen molar-refractivity contribution in [2.75, 3.05) is 0 Å². The second kappa shape index (κ2) is 18.0. The molecule has 2 unspecified atom stereocenters. The summed E-state index contributed by atoms with van der Waals surface area (Å²) in [6.07, 6.45) is 0. The third kappa shape index (κ3) is 13.8. The van der Waals surface area contributed by atoms with Crippen LogP contribution in [0, 0.1) is 21.7 Å². The van der Waals surface area contributed by atoms with Crippen LogP contribution in [0.15, 0.2) is 36.4 Å². The molecule has 0 amide bonds. The Hall–Kier alpha value is -3.80. The van der Waals surface area contributed by atoms with E-state index in [9.17, 15) is 24.0 Å². The minimum atomic E-state index is -0.949. The number of carbonyl (C=O) groups excluding carboxylic acids is 5. The lowest BCUT2D eigenvalue weighted by Gasteiger charge is -2.29. The zero-order chi connectivity index (χ0) is 40.1. The maximum Gasteiger partial charge on any atom is 0.316 e. The number of halogens is 1. The first-order chi connectivity index (χ1) is 23.5. The maximum atomic E-state index is 14.8. The predicted octanol–water partition coefficient (Wildman–Crippen LogP) is 8.26. The highest BCUT2D eigenvalue weighted by Crippen LogP contribution is 2.38. The predicted molar refractivity (Wildman–Crippen MR) is 208 cm³/mol. The van der Waals surface area contributed by atoms with E-state index in [0.29, 0.717) is 11.1 Å². The summed E-state index contributed by atoms with van der Waals surface area (Å²) in [5.74, 6) is -2.39. The monoisotopic (exact) mass is 760 g/mol. The van der Waals surface area contributed by atoms with E-state index in [4.69, 9.17) is 18.9 Å². The molecule has 0 saturated carbocycles. The van der Waals surface area contributed by atoms with E-state index in [0.717, 1.165) is 0 Å². The van der Waals surface area contributed by atoms with Crippen molar-refractivity contribution in [1.82, 2.24) is 10.6 Å².